The number of carbonyl (C=O) groups is 2. The first-order valence-electron chi connectivity index (χ1n) is 8.25. The predicted octanol–water partition coefficient (Wildman–Crippen LogP) is 2.36. The Morgan fingerprint density at radius 2 is 1.11 bits per heavy atom. The first-order chi connectivity index (χ1) is 13.5. The molecule has 4 rings (SSSR count). The molecule has 0 fully saturated rings. The van der Waals surface area contributed by atoms with Crippen LogP contribution < -0.4 is 20.1 Å². The maximum Gasteiger partial charge on any atom is 0.258 e. The van der Waals surface area contributed by atoms with Crippen molar-refractivity contribution in [2.75, 3.05) is 14.2 Å². The van der Waals surface area contributed by atoms with Crippen molar-refractivity contribution in [1.82, 2.24) is 10.6 Å². The number of hydrogen-bond acceptors (Lipinski definition) is 4. The van der Waals surface area contributed by atoms with Gasteiger partial charge in [0.1, 0.15) is 23.1 Å². The van der Waals surface area contributed by atoms with Gasteiger partial charge in [0.15, 0.2) is 0 Å². The van der Waals surface area contributed by atoms with E-state index in [9.17, 15) is 18.4 Å². The molecule has 0 bridgehead atoms. The Balaban J connectivity index is 2.00. The van der Waals surface area contributed by atoms with Crippen LogP contribution in [0.3, 0.4) is 0 Å². The molecule has 2 aliphatic rings. The second kappa shape index (κ2) is 6.49. The first kappa shape index (κ1) is 17.7. The molecule has 2 amide bonds. The van der Waals surface area contributed by atoms with E-state index >= 15 is 0 Å². The number of benzene rings is 2. The Morgan fingerprint density at radius 1 is 0.714 bits per heavy atom. The normalized spacial score (nSPS) is 15.6. The van der Waals surface area contributed by atoms with Gasteiger partial charge in [0.05, 0.1) is 47.9 Å². The maximum absolute atomic E-state index is 14.5. The van der Waals surface area contributed by atoms with E-state index in [1.807, 2.05) is 0 Å². The average molecular weight is 384 g/mol. The molecule has 0 saturated heterocycles. The fraction of sp³-hybridized carbons (Fsp3) is 0.100. The number of amides is 2. The van der Waals surface area contributed by atoms with Crippen LogP contribution in [0.5, 0.6) is 11.5 Å². The summed E-state index contributed by atoms with van der Waals surface area (Å²) in [4.78, 5) is 25.3. The van der Waals surface area contributed by atoms with Gasteiger partial charge in [0, 0.05) is 0 Å². The zero-order valence-electron chi connectivity index (χ0n) is 14.9. The van der Waals surface area contributed by atoms with E-state index in [0.29, 0.717) is 0 Å². The number of ether oxygens (including phenoxy) is 2. The largest absolute Gasteiger partial charge is 0.496 e. The van der Waals surface area contributed by atoms with Crippen molar-refractivity contribution >= 4 is 23.2 Å². The molecule has 2 heterocycles. The van der Waals surface area contributed by atoms with Crippen LogP contribution in [0.25, 0.3) is 11.4 Å². The number of fused-ring (bicyclic) bond motifs is 1. The molecule has 0 atom stereocenters. The van der Waals surface area contributed by atoms with Crippen molar-refractivity contribution < 1.29 is 27.8 Å². The summed E-state index contributed by atoms with van der Waals surface area (Å²) in [5.41, 5.74) is -0.321. The lowest BCUT2D eigenvalue weighted by Gasteiger charge is -2.13. The fourth-order valence-corrected chi connectivity index (χ4v) is 3.39. The van der Waals surface area contributed by atoms with Gasteiger partial charge in [-0.15, -0.1) is 0 Å². The Kier molecular flexibility index (Phi) is 4.11. The molecule has 0 aliphatic carbocycles. The molecule has 0 saturated carbocycles. The fourth-order valence-electron chi connectivity index (χ4n) is 3.39. The Morgan fingerprint density at radius 3 is 1.46 bits per heavy atom. The van der Waals surface area contributed by atoms with Crippen LogP contribution >= 0.6 is 0 Å². The quantitative estimate of drug-likeness (QED) is 0.849. The highest BCUT2D eigenvalue weighted by Gasteiger charge is 2.43. The number of methoxy groups -OCH3 is 2. The summed E-state index contributed by atoms with van der Waals surface area (Å²) in [5.74, 6) is -2.37. The summed E-state index contributed by atoms with van der Waals surface area (Å²) in [6.07, 6.45) is 0. The van der Waals surface area contributed by atoms with Crippen molar-refractivity contribution in [3.8, 4) is 11.5 Å². The Labute approximate surface area is 158 Å². The lowest BCUT2D eigenvalue weighted by molar-refractivity contribution is -0.117. The average Bonchev–Trinajstić information content (AvgIpc) is 3.19. The zero-order chi connectivity index (χ0) is 20.0. The van der Waals surface area contributed by atoms with E-state index < -0.39 is 23.4 Å². The van der Waals surface area contributed by atoms with Gasteiger partial charge >= 0.3 is 0 Å². The van der Waals surface area contributed by atoms with Gasteiger partial charge in [-0.3, -0.25) is 9.59 Å². The van der Waals surface area contributed by atoms with Crippen molar-refractivity contribution in [2.24, 2.45) is 0 Å². The van der Waals surface area contributed by atoms with Gasteiger partial charge in [-0.1, -0.05) is 12.1 Å². The molecule has 0 aromatic heterocycles. The van der Waals surface area contributed by atoms with Gasteiger partial charge < -0.3 is 20.1 Å². The number of rotatable bonds is 4. The highest BCUT2D eigenvalue weighted by atomic mass is 19.1. The van der Waals surface area contributed by atoms with E-state index in [1.54, 1.807) is 0 Å². The summed E-state index contributed by atoms with van der Waals surface area (Å²) < 4.78 is 39.4. The summed E-state index contributed by atoms with van der Waals surface area (Å²) in [5, 5.41) is 5.03. The molecule has 6 nitrogen and oxygen atoms in total. The highest BCUT2D eigenvalue weighted by molar-refractivity contribution is 6.30. The van der Waals surface area contributed by atoms with Crippen LogP contribution in [-0.2, 0) is 9.59 Å². The minimum atomic E-state index is -0.673. The molecular weight excluding hydrogens is 370 g/mol. The minimum absolute atomic E-state index is 0.0299. The standard InChI is InChI=1S/C20H14F2N2O4/c1-27-11-7-3-5-9(21)13(11)17-15-16(20(26)23-17)18(24-19(15)25)14-10(22)6-4-8-12(14)28-2/h3-8H,1-2H3,(H,23,26)(H,24,25). The lowest BCUT2D eigenvalue weighted by atomic mass is 10.0. The van der Waals surface area contributed by atoms with Crippen molar-refractivity contribution in [2.45, 2.75) is 0 Å². The monoisotopic (exact) mass is 384 g/mol. The van der Waals surface area contributed by atoms with Crippen LogP contribution in [-0.4, -0.2) is 26.0 Å². The van der Waals surface area contributed by atoms with Gasteiger partial charge in [-0.25, -0.2) is 8.78 Å². The first-order valence-corrected chi connectivity index (χ1v) is 8.25. The molecule has 0 radical (unpaired) electrons. The summed E-state index contributed by atoms with van der Waals surface area (Å²) in [6, 6.07) is 8.28. The molecule has 2 aliphatic heterocycles. The molecule has 2 aromatic carbocycles. The smallest absolute Gasteiger partial charge is 0.258 e. The van der Waals surface area contributed by atoms with Crippen LogP contribution in [0.15, 0.2) is 47.5 Å². The van der Waals surface area contributed by atoms with E-state index in [1.165, 1.54) is 50.6 Å². The van der Waals surface area contributed by atoms with Crippen molar-refractivity contribution in [3.63, 3.8) is 0 Å². The van der Waals surface area contributed by atoms with Gasteiger partial charge in [-0.05, 0) is 24.3 Å². The van der Waals surface area contributed by atoms with Crippen molar-refractivity contribution in [1.29, 1.82) is 0 Å². The molecule has 2 aromatic rings. The number of carbonyl (C=O) groups excluding carboxylic acids is 2. The second-order valence-corrected chi connectivity index (χ2v) is 6.04. The summed E-state index contributed by atoms with van der Waals surface area (Å²) >= 11 is 0. The summed E-state index contributed by atoms with van der Waals surface area (Å²) in [6.45, 7) is 0. The Hall–Kier alpha value is -3.68. The topological polar surface area (TPSA) is 76.7 Å². The van der Waals surface area contributed by atoms with E-state index in [2.05, 4.69) is 10.6 Å². The molecule has 8 heteroatoms. The van der Waals surface area contributed by atoms with Crippen molar-refractivity contribution in [3.05, 3.63) is 70.3 Å². The van der Waals surface area contributed by atoms with E-state index in [0.717, 1.165) is 0 Å². The Bertz CT molecular complexity index is 1020. The second-order valence-electron chi connectivity index (χ2n) is 6.04. The molecular formula is C20H14F2N2O4. The number of nitrogens with one attached hydrogen (secondary N) is 2. The molecule has 142 valence electrons. The van der Waals surface area contributed by atoms with Crippen LogP contribution in [0, 0.1) is 11.6 Å². The van der Waals surface area contributed by atoms with Crippen LogP contribution in [0.2, 0.25) is 0 Å². The number of hydrogen-bond donors (Lipinski definition) is 2. The number of halogens is 2. The zero-order valence-corrected chi connectivity index (χ0v) is 14.9. The van der Waals surface area contributed by atoms with Crippen LogP contribution in [0.1, 0.15) is 11.1 Å². The molecule has 0 unspecified atom stereocenters. The summed E-state index contributed by atoms with van der Waals surface area (Å²) in [7, 11) is 2.70. The van der Waals surface area contributed by atoms with Crippen LogP contribution in [0.4, 0.5) is 8.78 Å². The van der Waals surface area contributed by atoms with Gasteiger partial charge in [0.2, 0.25) is 0 Å². The highest BCUT2D eigenvalue weighted by Crippen LogP contribution is 2.42. The van der Waals surface area contributed by atoms with Gasteiger partial charge in [-0.2, -0.15) is 0 Å². The maximum atomic E-state index is 14.5. The third kappa shape index (κ3) is 2.45. The molecule has 2 N–H and O–H groups in total. The van der Waals surface area contributed by atoms with Gasteiger partial charge in [0.25, 0.3) is 11.8 Å². The third-order valence-corrected chi connectivity index (χ3v) is 4.57. The molecule has 0 spiro atoms. The SMILES string of the molecule is COc1cccc(F)c1C1=C2C(=O)NC(c3c(F)cccc3OC)=C2C(=O)N1. The lowest BCUT2D eigenvalue weighted by Crippen LogP contribution is -2.22. The van der Waals surface area contributed by atoms with E-state index in [-0.39, 0.29) is 45.2 Å². The predicted molar refractivity (Wildman–Crippen MR) is 96.0 cm³/mol. The molecule has 28 heavy (non-hydrogen) atoms. The minimum Gasteiger partial charge on any atom is -0.496 e. The van der Waals surface area contributed by atoms with E-state index in [4.69, 9.17) is 9.47 Å². The third-order valence-electron chi connectivity index (χ3n) is 4.57.